The molecule has 0 aliphatic carbocycles. The molecular weight excluding hydrogens is 354 g/mol. The molecule has 1 aliphatic heterocycles. The number of benzene rings is 2. The number of hydrogen-bond acceptors (Lipinski definition) is 5. The molecule has 7 heteroatoms. The topological polar surface area (TPSA) is 73.9 Å². The first-order chi connectivity index (χ1) is 12.4. The van der Waals surface area contributed by atoms with Gasteiger partial charge in [-0.2, -0.15) is 0 Å². The fourth-order valence-corrected chi connectivity index (χ4v) is 4.18. The van der Waals surface area contributed by atoms with Crippen molar-refractivity contribution in [2.75, 3.05) is 20.3 Å². The van der Waals surface area contributed by atoms with E-state index in [2.05, 4.69) is 4.72 Å². The number of methoxy groups -OCH3 is 1. The number of ether oxygens (including phenoxy) is 3. The van der Waals surface area contributed by atoms with Crippen molar-refractivity contribution in [3.63, 3.8) is 0 Å². The van der Waals surface area contributed by atoms with E-state index in [1.165, 1.54) is 0 Å². The molecule has 3 rings (SSSR count). The van der Waals surface area contributed by atoms with Crippen LogP contribution in [0.1, 0.15) is 31.0 Å². The van der Waals surface area contributed by atoms with Crippen LogP contribution >= 0.6 is 0 Å². The third-order valence-corrected chi connectivity index (χ3v) is 5.88. The molecule has 0 spiro atoms. The van der Waals surface area contributed by atoms with E-state index in [-0.39, 0.29) is 4.90 Å². The molecule has 2 aromatic carbocycles. The smallest absolute Gasteiger partial charge is 0.241 e. The van der Waals surface area contributed by atoms with Crippen molar-refractivity contribution >= 4 is 10.0 Å². The van der Waals surface area contributed by atoms with Gasteiger partial charge in [-0.15, -0.1) is 0 Å². The molecule has 26 heavy (non-hydrogen) atoms. The minimum atomic E-state index is -3.66. The summed E-state index contributed by atoms with van der Waals surface area (Å²) in [6.45, 7) is 4.76. The van der Waals surface area contributed by atoms with Gasteiger partial charge in [-0.1, -0.05) is 13.0 Å². The summed E-state index contributed by atoms with van der Waals surface area (Å²) in [5, 5.41) is 0. The van der Waals surface area contributed by atoms with Gasteiger partial charge >= 0.3 is 0 Å². The van der Waals surface area contributed by atoms with Crippen LogP contribution in [-0.2, 0) is 16.4 Å². The van der Waals surface area contributed by atoms with Gasteiger partial charge in [0.1, 0.15) is 19.0 Å². The van der Waals surface area contributed by atoms with Crippen LogP contribution in [0, 0.1) is 0 Å². The highest BCUT2D eigenvalue weighted by Crippen LogP contribution is 2.33. The van der Waals surface area contributed by atoms with Gasteiger partial charge in [0.2, 0.25) is 10.0 Å². The average Bonchev–Trinajstić information content (AvgIpc) is 2.66. The lowest BCUT2D eigenvalue weighted by Crippen LogP contribution is -2.27. The molecule has 6 nitrogen and oxygen atoms in total. The Morgan fingerprint density at radius 3 is 2.54 bits per heavy atom. The Labute approximate surface area is 154 Å². The van der Waals surface area contributed by atoms with Crippen molar-refractivity contribution in [2.24, 2.45) is 0 Å². The molecular formula is C19H23NO5S. The van der Waals surface area contributed by atoms with E-state index in [0.717, 1.165) is 11.1 Å². The first-order valence-electron chi connectivity index (χ1n) is 8.53. The van der Waals surface area contributed by atoms with E-state index < -0.39 is 16.1 Å². The normalized spacial score (nSPS) is 14.7. The van der Waals surface area contributed by atoms with Gasteiger partial charge in [-0.05, 0) is 54.8 Å². The van der Waals surface area contributed by atoms with E-state index in [9.17, 15) is 8.42 Å². The van der Waals surface area contributed by atoms with Gasteiger partial charge in [-0.25, -0.2) is 13.1 Å². The number of aryl methyl sites for hydroxylation is 1. The molecule has 2 aromatic rings. The van der Waals surface area contributed by atoms with Gasteiger partial charge in [0.05, 0.1) is 12.0 Å². The molecule has 1 unspecified atom stereocenters. The van der Waals surface area contributed by atoms with E-state index in [4.69, 9.17) is 14.2 Å². The molecule has 0 saturated heterocycles. The van der Waals surface area contributed by atoms with Gasteiger partial charge in [0.15, 0.2) is 11.5 Å². The maximum atomic E-state index is 12.8. The Hall–Kier alpha value is -2.25. The summed E-state index contributed by atoms with van der Waals surface area (Å²) in [6, 6.07) is 9.93. The van der Waals surface area contributed by atoms with Crippen molar-refractivity contribution in [1.29, 1.82) is 0 Å². The Kier molecular flexibility index (Phi) is 5.38. The van der Waals surface area contributed by atoms with Crippen LogP contribution in [0.2, 0.25) is 0 Å². The zero-order chi connectivity index (χ0) is 18.7. The van der Waals surface area contributed by atoms with E-state index in [0.29, 0.717) is 36.9 Å². The second-order valence-corrected chi connectivity index (χ2v) is 7.79. The zero-order valence-corrected chi connectivity index (χ0v) is 15.9. The minimum absolute atomic E-state index is 0.222. The average molecular weight is 377 g/mol. The predicted octanol–water partition coefficient (Wildman–Crippen LogP) is 3.07. The van der Waals surface area contributed by atoms with Crippen molar-refractivity contribution in [3.8, 4) is 17.2 Å². The molecule has 0 fully saturated rings. The van der Waals surface area contributed by atoms with E-state index in [1.807, 2.05) is 19.1 Å². The summed E-state index contributed by atoms with van der Waals surface area (Å²) in [5.41, 5.74) is 1.66. The summed E-state index contributed by atoms with van der Waals surface area (Å²) in [4.78, 5) is 0.222. The zero-order valence-electron chi connectivity index (χ0n) is 15.1. The Morgan fingerprint density at radius 1 is 1.12 bits per heavy atom. The summed E-state index contributed by atoms with van der Waals surface area (Å²) < 4.78 is 44.6. The summed E-state index contributed by atoms with van der Waals surface area (Å²) in [5.74, 6) is 2.00. The Morgan fingerprint density at radius 2 is 1.85 bits per heavy atom. The van der Waals surface area contributed by atoms with Crippen LogP contribution in [0.5, 0.6) is 17.2 Å². The number of sulfonamides is 1. The molecule has 0 bridgehead atoms. The SMILES string of the molecule is CCc1cc(S(=O)(=O)NC(C)c2ccc3c(c2)OCCO3)ccc1OC. The number of fused-ring (bicyclic) bond motifs is 1. The molecule has 1 N–H and O–H groups in total. The van der Waals surface area contributed by atoms with Crippen molar-refractivity contribution in [1.82, 2.24) is 4.72 Å². The first-order valence-corrected chi connectivity index (χ1v) is 10.0. The molecule has 140 valence electrons. The van der Waals surface area contributed by atoms with Crippen molar-refractivity contribution < 1.29 is 22.6 Å². The van der Waals surface area contributed by atoms with Gasteiger partial charge in [0, 0.05) is 6.04 Å². The van der Waals surface area contributed by atoms with E-state index >= 15 is 0 Å². The van der Waals surface area contributed by atoms with Gasteiger partial charge < -0.3 is 14.2 Å². The molecule has 0 amide bonds. The van der Waals surface area contributed by atoms with Gasteiger partial charge in [0.25, 0.3) is 0 Å². The maximum absolute atomic E-state index is 12.8. The second kappa shape index (κ2) is 7.55. The summed E-state index contributed by atoms with van der Waals surface area (Å²) in [6.07, 6.45) is 0.685. The highest BCUT2D eigenvalue weighted by Gasteiger charge is 2.21. The quantitative estimate of drug-likeness (QED) is 0.837. The van der Waals surface area contributed by atoms with Crippen LogP contribution in [0.4, 0.5) is 0 Å². The Balaban J connectivity index is 1.83. The maximum Gasteiger partial charge on any atom is 0.241 e. The molecule has 0 radical (unpaired) electrons. The number of rotatable bonds is 6. The lowest BCUT2D eigenvalue weighted by atomic mass is 10.1. The highest BCUT2D eigenvalue weighted by molar-refractivity contribution is 7.89. The highest BCUT2D eigenvalue weighted by atomic mass is 32.2. The Bertz CT molecular complexity index is 895. The second-order valence-electron chi connectivity index (χ2n) is 6.07. The fraction of sp³-hybridized carbons (Fsp3) is 0.368. The van der Waals surface area contributed by atoms with Gasteiger partial charge in [-0.3, -0.25) is 0 Å². The first kappa shape index (κ1) is 18.5. The van der Waals surface area contributed by atoms with Crippen LogP contribution < -0.4 is 18.9 Å². The minimum Gasteiger partial charge on any atom is -0.496 e. The summed E-state index contributed by atoms with van der Waals surface area (Å²) in [7, 11) is -2.09. The van der Waals surface area contributed by atoms with Crippen molar-refractivity contribution in [2.45, 2.75) is 31.2 Å². The molecule has 0 saturated carbocycles. The fourth-order valence-electron chi connectivity index (χ4n) is 2.90. The standard InChI is InChI=1S/C19H23NO5S/c1-4-14-11-16(6-8-17(14)23-3)26(21,22)20-13(2)15-5-7-18-19(12-15)25-10-9-24-18/h5-8,11-13,20H,4,9-10H2,1-3H3. The van der Waals surface area contributed by atoms with Crippen LogP contribution in [0.3, 0.4) is 0 Å². The predicted molar refractivity (Wildman–Crippen MR) is 98.5 cm³/mol. The van der Waals surface area contributed by atoms with E-state index in [1.54, 1.807) is 38.3 Å². The van der Waals surface area contributed by atoms with Crippen LogP contribution in [0.15, 0.2) is 41.3 Å². The lowest BCUT2D eigenvalue weighted by Gasteiger charge is -2.21. The third-order valence-electron chi connectivity index (χ3n) is 4.34. The molecule has 1 aliphatic rings. The molecule has 1 heterocycles. The molecule has 1 atom stereocenters. The molecule has 0 aromatic heterocycles. The number of hydrogen-bond donors (Lipinski definition) is 1. The largest absolute Gasteiger partial charge is 0.496 e. The number of nitrogens with one attached hydrogen (secondary N) is 1. The van der Waals surface area contributed by atoms with Crippen LogP contribution in [0.25, 0.3) is 0 Å². The van der Waals surface area contributed by atoms with Crippen molar-refractivity contribution in [3.05, 3.63) is 47.5 Å². The monoisotopic (exact) mass is 377 g/mol. The third kappa shape index (κ3) is 3.78. The lowest BCUT2D eigenvalue weighted by molar-refractivity contribution is 0.171. The summed E-state index contributed by atoms with van der Waals surface area (Å²) >= 11 is 0. The van der Waals surface area contributed by atoms with Crippen LogP contribution in [-0.4, -0.2) is 28.7 Å².